The molecule has 1 saturated heterocycles. The lowest BCUT2D eigenvalue weighted by Crippen LogP contribution is -2.48. The van der Waals surface area contributed by atoms with Gasteiger partial charge >= 0.3 is 0 Å². The highest BCUT2D eigenvalue weighted by atomic mass is 35.5. The van der Waals surface area contributed by atoms with Gasteiger partial charge in [-0.15, -0.1) is 12.4 Å². The fourth-order valence-corrected chi connectivity index (χ4v) is 4.21. The van der Waals surface area contributed by atoms with Crippen molar-refractivity contribution in [1.29, 1.82) is 0 Å². The van der Waals surface area contributed by atoms with Crippen molar-refractivity contribution in [2.75, 3.05) is 26.2 Å². The first-order chi connectivity index (χ1) is 15.0. The van der Waals surface area contributed by atoms with Crippen molar-refractivity contribution in [3.63, 3.8) is 0 Å². The number of pyridine rings is 1. The predicted octanol–water partition coefficient (Wildman–Crippen LogP) is 4.98. The Balaban J connectivity index is 0.00000289. The number of carbonyl (C=O) groups excluding carboxylic acids is 1. The quantitative estimate of drug-likeness (QED) is 0.551. The maximum atomic E-state index is 12.6. The van der Waals surface area contributed by atoms with E-state index < -0.39 is 0 Å². The highest BCUT2D eigenvalue weighted by Crippen LogP contribution is 2.24. The second-order valence-corrected chi connectivity index (χ2v) is 8.60. The summed E-state index contributed by atoms with van der Waals surface area (Å²) >= 11 is 0. The van der Waals surface area contributed by atoms with Gasteiger partial charge in [0.15, 0.2) is 0 Å². The molecule has 1 aromatic heterocycles. The maximum absolute atomic E-state index is 12.6. The lowest BCUT2D eigenvalue weighted by Gasteiger charge is -2.35. The first kappa shape index (κ1) is 24.0. The monoisotopic (exact) mass is 449 g/mol. The van der Waals surface area contributed by atoms with Crippen LogP contribution < -0.4 is 0 Å². The molecule has 2 aromatic carbocycles. The number of aryl methyl sites for hydroxylation is 2. The van der Waals surface area contributed by atoms with Gasteiger partial charge in [0.25, 0.3) is 0 Å². The molecule has 0 atom stereocenters. The Kier molecular flexibility index (Phi) is 8.05. The number of aromatic nitrogens is 1. The van der Waals surface area contributed by atoms with E-state index in [1.165, 1.54) is 27.8 Å². The molecule has 3 aromatic rings. The summed E-state index contributed by atoms with van der Waals surface area (Å²) in [6, 6.07) is 18.8. The summed E-state index contributed by atoms with van der Waals surface area (Å²) in [6.45, 7) is 10.8. The molecule has 0 radical (unpaired) electrons. The van der Waals surface area contributed by atoms with Crippen molar-refractivity contribution in [3.8, 4) is 11.3 Å². The van der Waals surface area contributed by atoms with E-state index in [9.17, 15) is 4.79 Å². The van der Waals surface area contributed by atoms with Gasteiger partial charge < -0.3 is 4.90 Å². The molecule has 168 valence electrons. The van der Waals surface area contributed by atoms with E-state index in [-0.39, 0.29) is 18.3 Å². The van der Waals surface area contributed by atoms with Crippen LogP contribution in [0.15, 0.2) is 60.8 Å². The number of nitrogens with zero attached hydrogens (tertiary/aromatic N) is 3. The molecule has 0 saturated carbocycles. The van der Waals surface area contributed by atoms with Crippen molar-refractivity contribution < 1.29 is 4.79 Å². The van der Waals surface area contributed by atoms with Crippen LogP contribution in [-0.4, -0.2) is 46.9 Å². The summed E-state index contributed by atoms with van der Waals surface area (Å²) in [6.07, 6.45) is 2.40. The Morgan fingerprint density at radius 2 is 1.53 bits per heavy atom. The van der Waals surface area contributed by atoms with Crippen LogP contribution in [0.25, 0.3) is 11.3 Å². The summed E-state index contributed by atoms with van der Waals surface area (Å²) in [5.41, 5.74) is 8.52. The lowest BCUT2D eigenvalue weighted by atomic mass is 9.98. The van der Waals surface area contributed by atoms with E-state index in [1.807, 2.05) is 41.4 Å². The largest absolute Gasteiger partial charge is 0.340 e. The van der Waals surface area contributed by atoms with Crippen LogP contribution in [-0.2, 0) is 17.8 Å². The van der Waals surface area contributed by atoms with Gasteiger partial charge in [-0.05, 0) is 72.9 Å². The van der Waals surface area contributed by atoms with Crippen molar-refractivity contribution in [1.82, 2.24) is 14.8 Å². The first-order valence-electron chi connectivity index (χ1n) is 11.1. The van der Waals surface area contributed by atoms with Crippen LogP contribution in [0.2, 0.25) is 0 Å². The van der Waals surface area contributed by atoms with E-state index in [1.54, 1.807) is 0 Å². The standard InChI is InChI=1S/C27H31N3O.ClH/c1-20-15-25(16-21(2)22(20)3)26-17-24(9-10-28-26)19-29-11-13-30(14-12-29)27(31)18-23-7-5-4-6-8-23;/h4-10,15-17H,11-14,18-19H2,1-3H3;1H. The average molecular weight is 450 g/mol. The first-order valence-corrected chi connectivity index (χ1v) is 11.1. The fraction of sp³-hybridized carbons (Fsp3) is 0.333. The average Bonchev–Trinajstić information content (AvgIpc) is 2.78. The molecule has 0 aliphatic carbocycles. The van der Waals surface area contributed by atoms with Gasteiger partial charge in [0.05, 0.1) is 12.1 Å². The maximum Gasteiger partial charge on any atom is 0.227 e. The van der Waals surface area contributed by atoms with E-state index in [4.69, 9.17) is 0 Å². The van der Waals surface area contributed by atoms with Crippen LogP contribution in [0.1, 0.15) is 27.8 Å². The smallest absolute Gasteiger partial charge is 0.227 e. The van der Waals surface area contributed by atoms with Gasteiger partial charge in [0.2, 0.25) is 5.91 Å². The molecule has 1 fully saturated rings. The Labute approximate surface area is 197 Å². The molecule has 1 aliphatic rings. The van der Waals surface area contributed by atoms with Crippen LogP contribution in [0.5, 0.6) is 0 Å². The second-order valence-electron chi connectivity index (χ2n) is 8.60. The third kappa shape index (κ3) is 5.76. The molecular formula is C27H32ClN3O. The van der Waals surface area contributed by atoms with Crippen LogP contribution in [0, 0.1) is 20.8 Å². The van der Waals surface area contributed by atoms with E-state index in [0.717, 1.165) is 44.0 Å². The molecule has 5 heteroatoms. The summed E-state index contributed by atoms with van der Waals surface area (Å²) in [7, 11) is 0. The highest BCUT2D eigenvalue weighted by Gasteiger charge is 2.21. The minimum atomic E-state index is 0. The molecule has 4 rings (SSSR count). The van der Waals surface area contributed by atoms with Gasteiger partial charge in [0.1, 0.15) is 0 Å². The number of hydrogen-bond acceptors (Lipinski definition) is 3. The Morgan fingerprint density at radius 3 is 2.19 bits per heavy atom. The Morgan fingerprint density at radius 1 is 0.875 bits per heavy atom. The van der Waals surface area contributed by atoms with Gasteiger partial charge in [-0.3, -0.25) is 14.7 Å². The summed E-state index contributed by atoms with van der Waals surface area (Å²) < 4.78 is 0. The highest BCUT2D eigenvalue weighted by molar-refractivity contribution is 5.85. The normalized spacial score (nSPS) is 14.2. The molecule has 1 aliphatic heterocycles. The molecule has 0 spiro atoms. The van der Waals surface area contributed by atoms with E-state index >= 15 is 0 Å². The van der Waals surface area contributed by atoms with Gasteiger partial charge in [-0.2, -0.15) is 0 Å². The van der Waals surface area contributed by atoms with E-state index in [0.29, 0.717) is 6.42 Å². The molecule has 0 unspecified atom stereocenters. The van der Waals surface area contributed by atoms with Gasteiger partial charge in [-0.1, -0.05) is 30.3 Å². The Hall–Kier alpha value is -2.69. The molecule has 0 N–H and O–H groups in total. The molecule has 0 bridgehead atoms. The lowest BCUT2D eigenvalue weighted by molar-refractivity contribution is -0.132. The number of amides is 1. The minimum Gasteiger partial charge on any atom is -0.340 e. The SMILES string of the molecule is Cc1cc(-c2cc(CN3CCN(C(=O)Cc4ccccc4)CC3)ccn2)cc(C)c1C.Cl. The molecular weight excluding hydrogens is 418 g/mol. The van der Waals surface area contributed by atoms with Crippen molar-refractivity contribution in [2.24, 2.45) is 0 Å². The molecule has 32 heavy (non-hydrogen) atoms. The van der Waals surface area contributed by atoms with Crippen LogP contribution in [0.4, 0.5) is 0 Å². The number of benzene rings is 2. The van der Waals surface area contributed by atoms with Crippen molar-refractivity contribution >= 4 is 18.3 Å². The predicted molar refractivity (Wildman–Crippen MR) is 133 cm³/mol. The summed E-state index contributed by atoms with van der Waals surface area (Å²) in [5.74, 6) is 0.224. The second kappa shape index (κ2) is 10.8. The van der Waals surface area contributed by atoms with Gasteiger partial charge in [-0.25, -0.2) is 0 Å². The number of halogens is 1. The van der Waals surface area contributed by atoms with Crippen LogP contribution >= 0.6 is 12.4 Å². The molecule has 2 heterocycles. The Bertz CT molecular complexity index is 1040. The summed E-state index contributed by atoms with van der Waals surface area (Å²) in [4.78, 5) is 21.7. The number of carbonyl (C=O) groups is 1. The van der Waals surface area contributed by atoms with Crippen molar-refractivity contribution in [3.05, 3.63) is 88.6 Å². The minimum absolute atomic E-state index is 0. The van der Waals surface area contributed by atoms with Crippen molar-refractivity contribution in [2.45, 2.75) is 33.7 Å². The number of rotatable bonds is 5. The topological polar surface area (TPSA) is 36.4 Å². The zero-order chi connectivity index (χ0) is 21.8. The zero-order valence-electron chi connectivity index (χ0n) is 19.2. The summed E-state index contributed by atoms with van der Waals surface area (Å²) in [5, 5.41) is 0. The molecule has 4 nitrogen and oxygen atoms in total. The third-order valence-corrected chi connectivity index (χ3v) is 6.38. The van der Waals surface area contributed by atoms with Gasteiger partial charge in [0, 0.05) is 44.5 Å². The molecule has 1 amide bonds. The number of piperazine rings is 1. The fourth-order valence-electron chi connectivity index (χ4n) is 4.21. The number of hydrogen-bond donors (Lipinski definition) is 0. The third-order valence-electron chi connectivity index (χ3n) is 6.38. The van der Waals surface area contributed by atoms with E-state index in [2.05, 4.69) is 54.9 Å². The van der Waals surface area contributed by atoms with Crippen LogP contribution in [0.3, 0.4) is 0 Å². The zero-order valence-corrected chi connectivity index (χ0v) is 20.0.